The third-order valence-electron chi connectivity index (χ3n) is 3.76. The Morgan fingerprint density at radius 3 is 2.67 bits per heavy atom. The molecule has 0 unspecified atom stereocenters. The Hall–Kier alpha value is -4.05. The van der Waals surface area contributed by atoms with E-state index in [2.05, 4.69) is 5.32 Å². The largest absolute Gasteiger partial charge is 0.504 e. The first-order chi connectivity index (χ1) is 13.0. The maximum absolute atomic E-state index is 12.1. The van der Waals surface area contributed by atoms with E-state index in [4.69, 9.17) is 14.4 Å². The molecule has 0 aliphatic rings. The third kappa shape index (κ3) is 3.96. The van der Waals surface area contributed by atoms with Crippen LogP contribution in [0.15, 0.2) is 57.8 Å². The van der Waals surface area contributed by atoms with Crippen molar-refractivity contribution in [2.24, 2.45) is 0 Å². The van der Waals surface area contributed by atoms with Crippen LogP contribution < -0.4 is 15.7 Å². The van der Waals surface area contributed by atoms with E-state index in [0.29, 0.717) is 10.9 Å². The fraction of sp³-hybridized carbons (Fsp3) is 0.0500. The lowest BCUT2D eigenvalue weighted by molar-refractivity contribution is -0.111. The molecule has 27 heavy (non-hydrogen) atoms. The lowest BCUT2D eigenvalue weighted by Crippen LogP contribution is -2.15. The second-order valence-electron chi connectivity index (χ2n) is 5.57. The van der Waals surface area contributed by atoms with Gasteiger partial charge in [0.05, 0.1) is 18.7 Å². The first-order valence-electron chi connectivity index (χ1n) is 7.84. The number of anilines is 1. The number of carbonyl (C=O) groups excluding carboxylic acids is 1. The molecule has 3 rings (SSSR count). The molecule has 7 heteroatoms. The number of phenols is 1. The Bertz CT molecular complexity index is 1140. The number of rotatable bonds is 4. The Labute approximate surface area is 153 Å². The van der Waals surface area contributed by atoms with Gasteiger partial charge >= 0.3 is 5.63 Å². The van der Waals surface area contributed by atoms with Gasteiger partial charge in [0.2, 0.25) is 5.91 Å². The molecule has 0 saturated heterocycles. The number of carbonyl (C=O) groups is 1. The fourth-order valence-corrected chi connectivity index (χ4v) is 2.40. The summed E-state index contributed by atoms with van der Waals surface area (Å²) in [5.74, 6) is -0.457. The van der Waals surface area contributed by atoms with Crippen molar-refractivity contribution in [3.05, 3.63) is 70.1 Å². The number of nitrogens with one attached hydrogen (secondary N) is 1. The molecule has 1 aromatic heterocycles. The molecule has 0 atom stereocenters. The predicted octanol–water partition coefficient (Wildman–Crippen LogP) is 3.03. The van der Waals surface area contributed by atoms with Crippen LogP contribution in [0.25, 0.3) is 17.0 Å². The molecule has 2 aromatic carbocycles. The van der Waals surface area contributed by atoms with Crippen LogP contribution in [0, 0.1) is 11.3 Å². The average Bonchev–Trinajstić information content (AvgIpc) is 2.67. The summed E-state index contributed by atoms with van der Waals surface area (Å²) in [5.41, 5.74) is 0.642. The van der Waals surface area contributed by atoms with E-state index < -0.39 is 11.5 Å². The number of aromatic hydroxyl groups is 1. The number of hydrogen-bond donors (Lipinski definition) is 2. The highest BCUT2D eigenvalue weighted by atomic mass is 16.5. The fourth-order valence-electron chi connectivity index (χ4n) is 2.40. The molecule has 2 N–H and O–H groups in total. The molecule has 0 spiro atoms. The van der Waals surface area contributed by atoms with Gasteiger partial charge in [0.1, 0.15) is 11.3 Å². The Kier molecular flexibility index (Phi) is 4.90. The highest BCUT2D eigenvalue weighted by molar-refractivity contribution is 6.02. The van der Waals surface area contributed by atoms with Crippen LogP contribution in [-0.2, 0) is 4.79 Å². The van der Waals surface area contributed by atoms with E-state index in [1.165, 1.54) is 31.4 Å². The molecule has 134 valence electrons. The van der Waals surface area contributed by atoms with Crippen molar-refractivity contribution >= 4 is 28.6 Å². The first-order valence-corrected chi connectivity index (χ1v) is 7.84. The number of methoxy groups -OCH3 is 1. The number of phenolic OH excluding ortho intramolecular Hbond substituents is 1. The molecule has 0 bridgehead atoms. The maximum atomic E-state index is 12.1. The van der Waals surface area contributed by atoms with Gasteiger partial charge in [-0.25, -0.2) is 4.79 Å². The Morgan fingerprint density at radius 1 is 1.26 bits per heavy atom. The van der Waals surface area contributed by atoms with Gasteiger partial charge in [-0.15, -0.1) is 0 Å². The predicted molar refractivity (Wildman–Crippen MR) is 99.5 cm³/mol. The first kappa shape index (κ1) is 17.8. The third-order valence-corrected chi connectivity index (χ3v) is 3.76. The summed E-state index contributed by atoms with van der Waals surface area (Å²) in [6.07, 6.45) is 2.82. The van der Waals surface area contributed by atoms with Gasteiger partial charge in [-0.1, -0.05) is 12.1 Å². The number of benzene rings is 2. The van der Waals surface area contributed by atoms with Crippen molar-refractivity contribution < 1.29 is 19.1 Å². The summed E-state index contributed by atoms with van der Waals surface area (Å²) >= 11 is 0. The topological polar surface area (TPSA) is 113 Å². The van der Waals surface area contributed by atoms with E-state index in [-0.39, 0.29) is 22.8 Å². The van der Waals surface area contributed by atoms with Gasteiger partial charge in [0.15, 0.2) is 11.5 Å². The standard InChI is InChI=1S/C20H14N2O5/c1-26-18-9-14-8-15(20(25)27-17(14)10-16(18)23)22-19(24)7-6-12-2-4-13(11-21)5-3-12/h2-10,23H,1H3,(H,22,24)/b7-6+. The van der Waals surface area contributed by atoms with Gasteiger partial charge in [0.25, 0.3) is 0 Å². The number of nitriles is 1. The minimum Gasteiger partial charge on any atom is -0.504 e. The summed E-state index contributed by atoms with van der Waals surface area (Å²) in [4.78, 5) is 24.1. The number of hydrogen-bond acceptors (Lipinski definition) is 6. The Balaban J connectivity index is 1.82. The molecule has 0 fully saturated rings. The second-order valence-corrected chi connectivity index (χ2v) is 5.57. The molecule has 0 aliphatic carbocycles. The highest BCUT2D eigenvalue weighted by Gasteiger charge is 2.11. The molecule has 1 heterocycles. The van der Waals surface area contributed by atoms with Crippen LogP contribution in [0.3, 0.4) is 0 Å². The van der Waals surface area contributed by atoms with Crippen LogP contribution in [0.1, 0.15) is 11.1 Å². The highest BCUT2D eigenvalue weighted by Crippen LogP contribution is 2.31. The van der Waals surface area contributed by atoms with Crippen molar-refractivity contribution in [2.75, 3.05) is 12.4 Å². The molecular weight excluding hydrogens is 348 g/mol. The SMILES string of the molecule is COc1cc2cc(NC(=O)/C=C/c3ccc(C#N)cc3)c(=O)oc2cc1O. The summed E-state index contributed by atoms with van der Waals surface area (Å²) in [5, 5.41) is 21.5. The van der Waals surface area contributed by atoms with Crippen LogP contribution in [0.5, 0.6) is 11.5 Å². The van der Waals surface area contributed by atoms with Gasteiger partial charge in [-0.05, 0) is 35.9 Å². The molecule has 0 saturated carbocycles. The van der Waals surface area contributed by atoms with E-state index >= 15 is 0 Å². The van der Waals surface area contributed by atoms with E-state index in [9.17, 15) is 14.7 Å². The zero-order valence-electron chi connectivity index (χ0n) is 14.2. The van der Waals surface area contributed by atoms with Crippen molar-refractivity contribution in [3.8, 4) is 17.6 Å². The van der Waals surface area contributed by atoms with Crippen molar-refractivity contribution in [2.45, 2.75) is 0 Å². The normalized spacial score (nSPS) is 10.7. The Morgan fingerprint density at radius 2 is 2.00 bits per heavy atom. The van der Waals surface area contributed by atoms with Gasteiger partial charge in [0, 0.05) is 17.5 Å². The van der Waals surface area contributed by atoms with Gasteiger partial charge in [-0.2, -0.15) is 5.26 Å². The van der Waals surface area contributed by atoms with E-state index in [1.807, 2.05) is 6.07 Å². The zero-order chi connectivity index (χ0) is 19.4. The maximum Gasteiger partial charge on any atom is 0.360 e. The van der Waals surface area contributed by atoms with Crippen LogP contribution in [0.2, 0.25) is 0 Å². The van der Waals surface area contributed by atoms with Gasteiger partial charge < -0.3 is 19.6 Å². The average molecular weight is 362 g/mol. The lowest BCUT2D eigenvalue weighted by Gasteiger charge is -2.06. The van der Waals surface area contributed by atoms with Crippen LogP contribution in [0.4, 0.5) is 5.69 Å². The van der Waals surface area contributed by atoms with Gasteiger partial charge in [-0.3, -0.25) is 4.79 Å². The number of fused-ring (bicyclic) bond motifs is 1. The number of amides is 1. The summed E-state index contributed by atoms with van der Waals surface area (Å²) in [6, 6.07) is 12.9. The molecule has 0 aliphatic heterocycles. The zero-order valence-corrected chi connectivity index (χ0v) is 14.2. The minimum absolute atomic E-state index is 0.0373. The monoisotopic (exact) mass is 362 g/mol. The number of nitrogens with zero attached hydrogens (tertiary/aromatic N) is 1. The molecule has 0 radical (unpaired) electrons. The van der Waals surface area contributed by atoms with Crippen molar-refractivity contribution in [3.63, 3.8) is 0 Å². The summed E-state index contributed by atoms with van der Waals surface area (Å²) in [7, 11) is 1.40. The van der Waals surface area contributed by atoms with Crippen molar-refractivity contribution in [1.82, 2.24) is 0 Å². The molecular formula is C20H14N2O5. The lowest BCUT2D eigenvalue weighted by atomic mass is 10.1. The molecule has 1 amide bonds. The summed E-state index contributed by atoms with van der Waals surface area (Å²) < 4.78 is 10.1. The summed E-state index contributed by atoms with van der Waals surface area (Å²) in [6.45, 7) is 0. The molecule has 3 aromatic rings. The van der Waals surface area contributed by atoms with Crippen LogP contribution in [-0.4, -0.2) is 18.1 Å². The van der Waals surface area contributed by atoms with E-state index in [1.54, 1.807) is 30.3 Å². The van der Waals surface area contributed by atoms with Crippen LogP contribution >= 0.6 is 0 Å². The second kappa shape index (κ2) is 7.45. The van der Waals surface area contributed by atoms with Crippen molar-refractivity contribution in [1.29, 1.82) is 5.26 Å². The minimum atomic E-state index is -0.743. The quantitative estimate of drug-likeness (QED) is 0.545. The number of ether oxygens (including phenoxy) is 1. The van der Waals surface area contributed by atoms with E-state index in [0.717, 1.165) is 5.56 Å². The smallest absolute Gasteiger partial charge is 0.360 e. The molecule has 7 nitrogen and oxygen atoms in total.